The molecule has 0 unspecified atom stereocenters. The van der Waals surface area contributed by atoms with Gasteiger partial charge in [0.1, 0.15) is 5.76 Å². The first-order valence-electron chi connectivity index (χ1n) is 8.48. The van der Waals surface area contributed by atoms with E-state index in [0.717, 1.165) is 29.5 Å². The number of furan rings is 1. The molecule has 3 rings (SSSR count). The van der Waals surface area contributed by atoms with Gasteiger partial charge in [-0.2, -0.15) is 8.75 Å². The van der Waals surface area contributed by atoms with Crippen LogP contribution in [0.25, 0.3) is 0 Å². The van der Waals surface area contributed by atoms with E-state index in [1.807, 2.05) is 19.9 Å². The van der Waals surface area contributed by atoms with Gasteiger partial charge in [0.2, 0.25) is 0 Å². The van der Waals surface area contributed by atoms with Crippen LogP contribution < -0.4 is 16.0 Å². The number of hydrogen-bond donors (Lipinski definition) is 4. The van der Waals surface area contributed by atoms with Crippen molar-refractivity contribution in [1.29, 1.82) is 0 Å². The number of amides is 1. The minimum Gasteiger partial charge on any atom is -0.505 e. The third-order valence-electron chi connectivity index (χ3n) is 4.06. The number of aromatic hydroxyl groups is 1. The molecule has 2 heterocycles. The molecule has 0 fully saturated rings. The smallest absolute Gasteiger partial charge is 0.254 e. The Bertz CT molecular complexity index is 937. The molecule has 2 aromatic heterocycles. The molecule has 3 aromatic rings. The van der Waals surface area contributed by atoms with Crippen molar-refractivity contribution in [1.82, 2.24) is 14.1 Å². The second-order valence-corrected chi connectivity index (χ2v) is 6.53. The van der Waals surface area contributed by atoms with Gasteiger partial charge in [-0.15, -0.1) is 0 Å². The molecular formula is C18H21N5O3S. The zero-order valence-corrected chi connectivity index (χ0v) is 16.1. The minimum atomic E-state index is -0.370. The molecule has 0 saturated heterocycles. The maximum absolute atomic E-state index is 11.9. The van der Waals surface area contributed by atoms with Crippen molar-refractivity contribution in [2.75, 3.05) is 17.7 Å². The van der Waals surface area contributed by atoms with Crippen LogP contribution in [0.4, 0.5) is 17.3 Å². The van der Waals surface area contributed by atoms with Crippen LogP contribution in [0.1, 0.15) is 41.1 Å². The lowest BCUT2D eigenvalue weighted by Crippen LogP contribution is -2.18. The average Bonchev–Trinajstić information content (AvgIpc) is 3.29. The Hall–Kier alpha value is -3.07. The second-order valence-electron chi connectivity index (χ2n) is 6.00. The molecule has 9 heteroatoms. The Morgan fingerprint density at radius 2 is 2.11 bits per heavy atom. The van der Waals surface area contributed by atoms with Gasteiger partial charge >= 0.3 is 0 Å². The molecule has 1 amide bonds. The Labute approximate surface area is 160 Å². The largest absolute Gasteiger partial charge is 0.505 e. The quantitative estimate of drug-likeness (QED) is 0.456. The number of rotatable bonds is 7. The van der Waals surface area contributed by atoms with Gasteiger partial charge in [-0.25, -0.2) is 0 Å². The lowest BCUT2D eigenvalue weighted by molar-refractivity contribution is 0.0960. The van der Waals surface area contributed by atoms with E-state index < -0.39 is 0 Å². The Morgan fingerprint density at radius 1 is 1.33 bits per heavy atom. The molecule has 0 radical (unpaired) electrons. The van der Waals surface area contributed by atoms with E-state index in [9.17, 15) is 9.90 Å². The zero-order chi connectivity index (χ0) is 19.4. The molecule has 0 aliphatic heterocycles. The van der Waals surface area contributed by atoms with Gasteiger partial charge in [0.05, 0.1) is 35.3 Å². The number of para-hydroxylation sites is 1. The van der Waals surface area contributed by atoms with E-state index in [0.29, 0.717) is 17.3 Å². The van der Waals surface area contributed by atoms with Crippen molar-refractivity contribution >= 4 is 35.0 Å². The number of nitrogens with zero attached hydrogens (tertiary/aromatic N) is 2. The third kappa shape index (κ3) is 4.03. The highest BCUT2D eigenvalue weighted by atomic mass is 32.1. The number of hydrogen-bond acceptors (Lipinski definition) is 8. The second kappa shape index (κ2) is 8.09. The van der Waals surface area contributed by atoms with Gasteiger partial charge in [0.25, 0.3) is 5.91 Å². The van der Waals surface area contributed by atoms with Crippen LogP contribution in [0, 0.1) is 6.92 Å². The number of benzene rings is 1. The summed E-state index contributed by atoms with van der Waals surface area (Å²) in [6.07, 6.45) is 2.50. The van der Waals surface area contributed by atoms with Crippen LogP contribution in [0.2, 0.25) is 0 Å². The molecular weight excluding hydrogens is 366 g/mol. The normalized spacial score (nSPS) is 11.8. The van der Waals surface area contributed by atoms with Crippen molar-refractivity contribution in [3.63, 3.8) is 0 Å². The number of phenolic OH excluding ortho intramolecular Hbond substituents is 1. The number of carbonyl (C=O) groups excluding carboxylic acids is 1. The number of nitrogens with one attached hydrogen (secondary N) is 3. The van der Waals surface area contributed by atoms with Crippen LogP contribution in [-0.2, 0) is 0 Å². The number of anilines is 3. The Balaban J connectivity index is 1.82. The Kier molecular flexibility index (Phi) is 5.60. The van der Waals surface area contributed by atoms with Gasteiger partial charge in [-0.3, -0.25) is 4.79 Å². The van der Waals surface area contributed by atoms with Gasteiger partial charge in [-0.05, 0) is 37.1 Å². The average molecular weight is 387 g/mol. The molecule has 8 nitrogen and oxygen atoms in total. The van der Waals surface area contributed by atoms with Crippen LogP contribution >= 0.6 is 11.7 Å². The number of aromatic nitrogens is 2. The number of aryl methyl sites for hydroxylation is 1. The summed E-state index contributed by atoms with van der Waals surface area (Å²) in [5.41, 5.74) is 1.60. The van der Waals surface area contributed by atoms with Crippen LogP contribution in [0.5, 0.6) is 5.75 Å². The lowest BCUT2D eigenvalue weighted by atomic mass is 10.1. The summed E-state index contributed by atoms with van der Waals surface area (Å²) in [5.74, 6) is 1.31. The van der Waals surface area contributed by atoms with Crippen LogP contribution in [0.15, 0.2) is 34.9 Å². The van der Waals surface area contributed by atoms with E-state index in [2.05, 4.69) is 24.7 Å². The summed E-state index contributed by atoms with van der Waals surface area (Å²) in [6.45, 7) is 4.01. The molecule has 0 spiro atoms. The first kappa shape index (κ1) is 18.7. The highest BCUT2D eigenvalue weighted by Crippen LogP contribution is 2.33. The van der Waals surface area contributed by atoms with Crippen molar-refractivity contribution in [3.8, 4) is 5.75 Å². The van der Waals surface area contributed by atoms with Gasteiger partial charge in [0, 0.05) is 7.05 Å². The highest BCUT2D eigenvalue weighted by Gasteiger charge is 2.19. The summed E-state index contributed by atoms with van der Waals surface area (Å²) < 4.78 is 14.1. The SMILES string of the molecule is CC[C@@H](Nc1nsnc1Nc1cccc(C(=O)NC)c1O)c1cc(C)co1. The molecule has 27 heavy (non-hydrogen) atoms. The van der Waals surface area contributed by atoms with Gasteiger partial charge in [0.15, 0.2) is 17.4 Å². The van der Waals surface area contributed by atoms with Gasteiger partial charge in [-0.1, -0.05) is 13.0 Å². The number of phenols is 1. The molecule has 0 aliphatic rings. The van der Waals surface area contributed by atoms with E-state index in [1.54, 1.807) is 24.5 Å². The molecule has 4 N–H and O–H groups in total. The fraction of sp³-hybridized carbons (Fsp3) is 0.278. The summed E-state index contributed by atoms with van der Waals surface area (Å²) in [7, 11) is 1.51. The first-order valence-corrected chi connectivity index (χ1v) is 9.21. The summed E-state index contributed by atoms with van der Waals surface area (Å²) in [6, 6.07) is 6.81. The fourth-order valence-corrected chi connectivity index (χ4v) is 3.11. The van der Waals surface area contributed by atoms with Crippen LogP contribution in [-0.4, -0.2) is 26.8 Å². The van der Waals surface area contributed by atoms with E-state index in [4.69, 9.17) is 4.42 Å². The standard InChI is InChI=1S/C18H21N5O3S/c1-4-12(14-8-10(2)9-26-14)20-16-17(23-27-22-16)21-13-7-5-6-11(15(13)24)18(25)19-3/h5-9,12,24H,4H2,1-3H3,(H,19,25)(H,20,22)(H,21,23)/t12-/m1/s1. The third-order valence-corrected chi connectivity index (χ3v) is 4.59. The topological polar surface area (TPSA) is 112 Å². The van der Waals surface area contributed by atoms with Crippen molar-refractivity contribution in [3.05, 3.63) is 47.4 Å². The predicted molar refractivity (Wildman–Crippen MR) is 105 cm³/mol. The monoisotopic (exact) mass is 387 g/mol. The molecule has 1 atom stereocenters. The van der Waals surface area contributed by atoms with Crippen LogP contribution in [0.3, 0.4) is 0 Å². The van der Waals surface area contributed by atoms with Crippen molar-refractivity contribution in [2.45, 2.75) is 26.3 Å². The highest BCUT2D eigenvalue weighted by molar-refractivity contribution is 6.99. The molecule has 0 bridgehead atoms. The Morgan fingerprint density at radius 3 is 2.78 bits per heavy atom. The zero-order valence-electron chi connectivity index (χ0n) is 15.2. The predicted octanol–water partition coefficient (Wildman–Crippen LogP) is 3.81. The fourth-order valence-electron chi connectivity index (χ4n) is 2.63. The maximum Gasteiger partial charge on any atom is 0.254 e. The molecule has 0 aliphatic carbocycles. The van der Waals surface area contributed by atoms with Crippen molar-refractivity contribution in [2.24, 2.45) is 0 Å². The van der Waals surface area contributed by atoms with E-state index >= 15 is 0 Å². The van der Waals surface area contributed by atoms with Crippen molar-refractivity contribution < 1.29 is 14.3 Å². The molecule has 0 saturated carbocycles. The molecule has 1 aromatic carbocycles. The number of carbonyl (C=O) groups is 1. The summed E-state index contributed by atoms with van der Waals surface area (Å²) in [5, 5.41) is 19.2. The summed E-state index contributed by atoms with van der Waals surface area (Å²) >= 11 is 1.04. The van der Waals surface area contributed by atoms with Gasteiger partial charge < -0.3 is 25.5 Å². The maximum atomic E-state index is 11.9. The van der Waals surface area contributed by atoms with E-state index in [-0.39, 0.29) is 23.3 Å². The lowest BCUT2D eigenvalue weighted by Gasteiger charge is -2.15. The first-order chi connectivity index (χ1) is 13.0. The summed E-state index contributed by atoms with van der Waals surface area (Å²) in [4.78, 5) is 11.9. The van der Waals surface area contributed by atoms with E-state index in [1.165, 1.54) is 7.05 Å². The minimum absolute atomic E-state index is 0.0612. The molecule has 142 valence electrons.